The van der Waals surface area contributed by atoms with Crippen LogP contribution in [0.4, 0.5) is 0 Å². The van der Waals surface area contributed by atoms with E-state index in [4.69, 9.17) is 9.47 Å². The van der Waals surface area contributed by atoms with Crippen LogP contribution in [0.15, 0.2) is 0 Å². The molecule has 0 atom stereocenters. The van der Waals surface area contributed by atoms with Crippen LogP contribution in [-0.2, 0) is 9.47 Å². The van der Waals surface area contributed by atoms with Crippen LogP contribution in [0.1, 0.15) is 104 Å². The van der Waals surface area contributed by atoms with Gasteiger partial charge < -0.3 is 9.47 Å². The lowest BCUT2D eigenvalue weighted by molar-refractivity contribution is -0.216. The van der Waals surface area contributed by atoms with Crippen molar-refractivity contribution in [2.75, 3.05) is 14.2 Å². The number of rotatable bonds is 16. The minimum absolute atomic E-state index is 0.324. The lowest BCUT2D eigenvalue weighted by Gasteiger charge is -2.31. The molecule has 0 N–H and O–H groups in total. The molecule has 0 unspecified atom stereocenters. The zero-order chi connectivity index (χ0) is 15.8. The topological polar surface area (TPSA) is 18.5 Å². The summed E-state index contributed by atoms with van der Waals surface area (Å²) in [6, 6.07) is 0. The van der Waals surface area contributed by atoms with E-state index in [2.05, 4.69) is 13.8 Å². The minimum Gasteiger partial charge on any atom is -0.353 e. The molecule has 0 aliphatic heterocycles. The molecule has 0 heterocycles. The Morgan fingerprint density at radius 3 is 1.19 bits per heavy atom. The first kappa shape index (κ1) is 20.9. The number of methoxy groups -OCH3 is 2. The van der Waals surface area contributed by atoms with E-state index >= 15 is 0 Å². The van der Waals surface area contributed by atoms with Gasteiger partial charge in [0.25, 0.3) is 0 Å². The SMILES string of the molecule is CCCCCCCCCC(CCCCCCC)(OC)OC. The molecule has 2 heteroatoms. The lowest BCUT2D eigenvalue weighted by Crippen LogP contribution is -2.33. The summed E-state index contributed by atoms with van der Waals surface area (Å²) in [5.41, 5.74) is 0. The number of hydrogen-bond donors (Lipinski definition) is 0. The Kier molecular flexibility index (Phi) is 14.8. The van der Waals surface area contributed by atoms with Crippen molar-refractivity contribution in [3.63, 3.8) is 0 Å². The van der Waals surface area contributed by atoms with Gasteiger partial charge in [0, 0.05) is 27.1 Å². The molecule has 0 aromatic heterocycles. The summed E-state index contributed by atoms with van der Waals surface area (Å²) >= 11 is 0. The van der Waals surface area contributed by atoms with E-state index in [1.807, 2.05) is 0 Å². The van der Waals surface area contributed by atoms with Gasteiger partial charge in [0.2, 0.25) is 0 Å². The van der Waals surface area contributed by atoms with Crippen molar-refractivity contribution >= 4 is 0 Å². The van der Waals surface area contributed by atoms with E-state index in [-0.39, 0.29) is 5.79 Å². The molecule has 0 rings (SSSR count). The van der Waals surface area contributed by atoms with Crippen molar-refractivity contribution < 1.29 is 9.47 Å². The summed E-state index contributed by atoms with van der Waals surface area (Å²) in [6.07, 6.45) is 18.0. The van der Waals surface area contributed by atoms with Crippen LogP contribution < -0.4 is 0 Å². The molecule has 0 radical (unpaired) electrons. The molecule has 0 aromatic carbocycles. The Balaban J connectivity index is 3.77. The molecule has 0 saturated carbocycles. The minimum atomic E-state index is -0.324. The highest BCUT2D eigenvalue weighted by atomic mass is 16.7. The van der Waals surface area contributed by atoms with Gasteiger partial charge in [-0.1, -0.05) is 78.1 Å². The summed E-state index contributed by atoms with van der Waals surface area (Å²) in [5, 5.41) is 0. The molecular formula is C19H40O2. The summed E-state index contributed by atoms with van der Waals surface area (Å²) < 4.78 is 11.4. The zero-order valence-electron chi connectivity index (χ0n) is 15.2. The normalized spacial score (nSPS) is 12.0. The van der Waals surface area contributed by atoms with Crippen LogP contribution in [0.3, 0.4) is 0 Å². The summed E-state index contributed by atoms with van der Waals surface area (Å²) in [4.78, 5) is 0. The average molecular weight is 301 g/mol. The number of hydrogen-bond acceptors (Lipinski definition) is 2. The van der Waals surface area contributed by atoms with Crippen LogP contribution >= 0.6 is 0 Å². The molecule has 0 fully saturated rings. The maximum atomic E-state index is 5.72. The van der Waals surface area contributed by atoms with Gasteiger partial charge >= 0.3 is 0 Å². The lowest BCUT2D eigenvalue weighted by atomic mass is 9.99. The van der Waals surface area contributed by atoms with Crippen molar-refractivity contribution in [3.05, 3.63) is 0 Å². The third-order valence-electron chi connectivity index (χ3n) is 4.57. The van der Waals surface area contributed by atoms with Gasteiger partial charge in [-0.2, -0.15) is 0 Å². The molecule has 2 nitrogen and oxygen atoms in total. The van der Waals surface area contributed by atoms with E-state index < -0.39 is 0 Å². The Morgan fingerprint density at radius 1 is 0.524 bits per heavy atom. The van der Waals surface area contributed by atoms with Crippen molar-refractivity contribution in [2.45, 2.75) is 110 Å². The highest BCUT2D eigenvalue weighted by Crippen LogP contribution is 2.27. The second kappa shape index (κ2) is 14.8. The Bertz CT molecular complexity index is 200. The van der Waals surface area contributed by atoms with E-state index in [1.54, 1.807) is 14.2 Å². The van der Waals surface area contributed by atoms with Gasteiger partial charge in [-0.15, -0.1) is 0 Å². The molecule has 0 aliphatic carbocycles. The molecular weight excluding hydrogens is 260 g/mol. The first-order chi connectivity index (χ1) is 10.2. The van der Waals surface area contributed by atoms with E-state index in [0.29, 0.717) is 0 Å². The molecule has 21 heavy (non-hydrogen) atoms. The van der Waals surface area contributed by atoms with Crippen molar-refractivity contribution in [3.8, 4) is 0 Å². The Morgan fingerprint density at radius 2 is 0.857 bits per heavy atom. The van der Waals surface area contributed by atoms with Crippen LogP contribution in [0.25, 0.3) is 0 Å². The van der Waals surface area contributed by atoms with Crippen LogP contribution in [0, 0.1) is 0 Å². The monoisotopic (exact) mass is 300 g/mol. The smallest absolute Gasteiger partial charge is 0.167 e. The molecule has 0 bridgehead atoms. The van der Waals surface area contributed by atoms with Crippen LogP contribution in [0.5, 0.6) is 0 Å². The van der Waals surface area contributed by atoms with Crippen LogP contribution in [0.2, 0.25) is 0 Å². The van der Waals surface area contributed by atoms with Gasteiger partial charge in [0.15, 0.2) is 5.79 Å². The fourth-order valence-electron chi connectivity index (χ4n) is 2.97. The van der Waals surface area contributed by atoms with Crippen LogP contribution in [-0.4, -0.2) is 20.0 Å². The van der Waals surface area contributed by atoms with Crippen molar-refractivity contribution in [1.29, 1.82) is 0 Å². The maximum absolute atomic E-state index is 5.72. The first-order valence-corrected chi connectivity index (χ1v) is 9.35. The molecule has 128 valence electrons. The van der Waals surface area contributed by atoms with Gasteiger partial charge in [-0.25, -0.2) is 0 Å². The predicted molar refractivity (Wildman–Crippen MR) is 92.7 cm³/mol. The zero-order valence-corrected chi connectivity index (χ0v) is 15.2. The van der Waals surface area contributed by atoms with E-state index in [9.17, 15) is 0 Å². The Hall–Kier alpha value is -0.0800. The third kappa shape index (κ3) is 11.2. The van der Waals surface area contributed by atoms with E-state index in [0.717, 1.165) is 12.8 Å². The average Bonchev–Trinajstić information content (AvgIpc) is 2.52. The largest absolute Gasteiger partial charge is 0.353 e. The quantitative estimate of drug-likeness (QED) is 0.240. The van der Waals surface area contributed by atoms with Gasteiger partial charge in [-0.05, 0) is 12.8 Å². The van der Waals surface area contributed by atoms with Gasteiger partial charge in [0.1, 0.15) is 0 Å². The molecule has 0 aromatic rings. The second-order valence-electron chi connectivity index (χ2n) is 6.35. The van der Waals surface area contributed by atoms with E-state index in [1.165, 1.54) is 77.0 Å². The number of ether oxygens (including phenoxy) is 2. The fourth-order valence-corrected chi connectivity index (χ4v) is 2.97. The highest BCUT2D eigenvalue weighted by molar-refractivity contribution is 4.69. The molecule has 0 spiro atoms. The van der Waals surface area contributed by atoms with Gasteiger partial charge in [0.05, 0.1) is 0 Å². The number of unbranched alkanes of at least 4 members (excludes halogenated alkanes) is 10. The standard InChI is InChI=1S/C19H40O2/c1-5-7-9-11-12-14-16-18-19(20-3,21-4)17-15-13-10-8-6-2/h5-18H2,1-4H3. The fraction of sp³-hybridized carbons (Fsp3) is 1.00. The molecule has 0 aliphatic rings. The van der Waals surface area contributed by atoms with Crippen molar-refractivity contribution in [2.24, 2.45) is 0 Å². The van der Waals surface area contributed by atoms with Gasteiger partial charge in [-0.3, -0.25) is 0 Å². The Labute approximate surface area is 134 Å². The third-order valence-corrected chi connectivity index (χ3v) is 4.57. The maximum Gasteiger partial charge on any atom is 0.167 e. The highest BCUT2D eigenvalue weighted by Gasteiger charge is 2.28. The predicted octanol–water partition coefficient (Wildman–Crippen LogP) is 6.48. The van der Waals surface area contributed by atoms with Crippen molar-refractivity contribution in [1.82, 2.24) is 0 Å². The summed E-state index contributed by atoms with van der Waals surface area (Å²) in [7, 11) is 3.60. The molecule has 0 saturated heterocycles. The first-order valence-electron chi connectivity index (χ1n) is 9.35. The summed E-state index contributed by atoms with van der Waals surface area (Å²) in [5.74, 6) is -0.324. The summed E-state index contributed by atoms with van der Waals surface area (Å²) in [6.45, 7) is 4.53. The second-order valence-corrected chi connectivity index (χ2v) is 6.35. The molecule has 0 amide bonds.